The van der Waals surface area contributed by atoms with Crippen LogP contribution < -0.4 is 0 Å². The summed E-state index contributed by atoms with van der Waals surface area (Å²) in [6.07, 6.45) is 2.70. The van der Waals surface area contributed by atoms with E-state index in [1.54, 1.807) is 0 Å². The minimum absolute atomic E-state index is 0.0565. The van der Waals surface area contributed by atoms with Crippen LogP contribution in [0.2, 0.25) is 0 Å². The van der Waals surface area contributed by atoms with Gasteiger partial charge in [-0.2, -0.15) is 0 Å². The summed E-state index contributed by atoms with van der Waals surface area (Å²) in [5, 5.41) is 18.4. The molecule has 0 spiro atoms. The second-order valence-electron chi connectivity index (χ2n) is 7.16. The Morgan fingerprint density at radius 3 is 2.55 bits per heavy atom. The number of benzene rings is 1. The van der Waals surface area contributed by atoms with Crippen LogP contribution in [-0.4, -0.2) is 25.6 Å². The van der Waals surface area contributed by atoms with Crippen LogP contribution in [0.15, 0.2) is 35.2 Å². The molecule has 5 nitrogen and oxygen atoms in total. The molecule has 0 saturated carbocycles. The standard InChI is InChI=1S/C22H22N4OS2/c1-5-18-24-25-22(29-18)19-20(27)17(28-21(19)23)11-15-10-13(3)26(14(15)4)16-8-6-12(2)7-9-16/h6-11,19,23H,5H2,1-4H3/b17-11-,23-21?/t19-/m1/s1. The number of nitrogens with zero attached hydrogens (tertiary/aromatic N) is 3. The molecule has 0 radical (unpaired) electrons. The minimum Gasteiger partial charge on any atom is -0.318 e. The minimum atomic E-state index is -0.607. The highest BCUT2D eigenvalue weighted by Crippen LogP contribution is 2.42. The Morgan fingerprint density at radius 2 is 1.90 bits per heavy atom. The van der Waals surface area contributed by atoms with Crippen molar-refractivity contribution in [1.82, 2.24) is 14.8 Å². The topological polar surface area (TPSA) is 71.6 Å². The van der Waals surface area contributed by atoms with Gasteiger partial charge in [-0.1, -0.05) is 36.4 Å². The average molecular weight is 423 g/mol. The lowest BCUT2D eigenvalue weighted by Crippen LogP contribution is -2.11. The van der Waals surface area contributed by atoms with Gasteiger partial charge in [0.15, 0.2) is 5.78 Å². The Bertz CT molecular complexity index is 1140. The molecule has 0 unspecified atom stereocenters. The highest BCUT2D eigenvalue weighted by Gasteiger charge is 2.39. The number of carbonyl (C=O) groups excluding carboxylic acids is 1. The summed E-state index contributed by atoms with van der Waals surface area (Å²) in [5.41, 5.74) is 5.51. The Balaban J connectivity index is 1.68. The number of aromatic nitrogens is 3. The van der Waals surface area contributed by atoms with E-state index in [9.17, 15) is 4.79 Å². The number of hydrogen-bond donors (Lipinski definition) is 1. The normalized spacial score (nSPS) is 18.2. The number of hydrogen-bond acceptors (Lipinski definition) is 6. The number of aryl methyl sites for hydroxylation is 3. The first-order valence-corrected chi connectivity index (χ1v) is 11.1. The summed E-state index contributed by atoms with van der Waals surface area (Å²) in [6, 6.07) is 10.5. The molecule has 1 aliphatic heterocycles. The molecule has 1 fully saturated rings. The SMILES string of the molecule is CCc1nnc([C@H]2C(=N)S/C(=C\c3cc(C)n(-c4ccc(C)cc4)c3C)C2=O)s1. The molecule has 4 rings (SSSR count). The first-order valence-electron chi connectivity index (χ1n) is 9.49. The Morgan fingerprint density at radius 1 is 1.17 bits per heavy atom. The first kappa shape index (κ1) is 19.8. The van der Waals surface area contributed by atoms with Gasteiger partial charge in [-0.3, -0.25) is 10.2 Å². The van der Waals surface area contributed by atoms with Crippen LogP contribution in [-0.2, 0) is 11.2 Å². The summed E-state index contributed by atoms with van der Waals surface area (Å²) in [4.78, 5) is 13.6. The molecule has 1 atom stereocenters. The Kier molecular flexibility index (Phi) is 5.27. The van der Waals surface area contributed by atoms with Crippen LogP contribution in [0.5, 0.6) is 0 Å². The molecule has 1 aliphatic rings. The fourth-order valence-electron chi connectivity index (χ4n) is 3.51. The zero-order valence-electron chi connectivity index (χ0n) is 16.8. The number of ketones is 1. The highest BCUT2D eigenvalue weighted by atomic mass is 32.2. The maximum atomic E-state index is 13.0. The van der Waals surface area contributed by atoms with E-state index in [1.807, 2.05) is 13.0 Å². The molecule has 148 valence electrons. The van der Waals surface area contributed by atoms with Crippen LogP contribution >= 0.6 is 23.1 Å². The first-order chi connectivity index (χ1) is 13.9. The molecular formula is C22H22N4OS2. The molecule has 1 N–H and O–H groups in total. The quantitative estimate of drug-likeness (QED) is 0.584. The van der Waals surface area contributed by atoms with E-state index in [-0.39, 0.29) is 5.78 Å². The predicted octanol–water partition coefficient (Wildman–Crippen LogP) is 5.23. The van der Waals surface area contributed by atoms with Crippen molar-refractivity contribution in [2.24, 2.45) is 0 Å². The van der Waals surface area contributed by atoms with Crippen molar-refractivity contribution in [1.29, 1.82) is 5.41 Å². The zero-order chi connectivity index (χ0) is 20.7. The Hall–Kier alpha value is -2.51. The number of Topliss-reactive ketones (excluding diaryl/α,β-unsaturated/α-hetero) is 1. The highest BCUT2D eigenvalue weighted by molar-refractivity contribution is 8.19. The summed E-state index contributed by atoms with van der Waals surface area (Å²) in [6.45, 7) is 8.21. The molecule has 7 heteroatoms. The van der Waals surface area contributed by atoms with Crippen LogP contribution in [0.1, 0.15) is 45.4 Å². The van der Waals surface area contributed by atoms with Gasteiger partial charge in [0.1, 0.15) is 15.9 Å². The summed E-state index contributed by atoms with van der Waals surface area (Å²) in [5.74, 6) is -0.663. The fourth-order valence-corrected chi connectivity index (χ4v) is 5.45. The maximum absolute atomic E-state index is 13.0. The largest absolute Gasteiger partial charge is 0.318 e. The van der Waals surface area contributed by atoms with E-state index >= 15 is 0 Å². The molecular weight excluding hydrogens is 400 g/mol. The maximum Gasteiger partial charge on any atom is 0.186 e. The number of carbonyl (C=O) groups is 1. The predicted molar refractivity (Wildman–Crippen MR) is 120 cm³/mol. The van der Waals surface area contributed by atoms with E-state index in [2.05, 4.69) is 65.9 Å². The van der Waals surface area contributed by atoms with Crippen LogP contribution in [0.4, 0.5) is 0 Å². The Labute approximate surface area is 178 Å². The van der Waals surface area contributed by atoms with E-state index in [4.69, 9.17) is 5.41 Å². The number of thioether (sulfide) groups is 1. The van der Waals surface area contributed by atoms with Gasteiger partial charge in [0.05, 0.1) is 9.95 Å². The lowest BCUT2D eigenvalue weighted by molar-refractivity contribution is -0.114. The van der Waals surface area contributed by atoms with Gasteiger partial charge < -0.3 is 4.57 Å². The van der Waals surface area contributed by atoms with Crippen LogP contribution in [0.3, 0.4) is 0 Å². The number of nitrogens with one attached hydrogen (secondary N) is 1. The van der Waals surface area contributed by atoms with E-state index in [0.717, 1.165) is 34.1 Å². The van der Waals surface area contributed by atoms with Crippen molar-refractivity contribution >= 4 is 40.0 Å². The molecule has 0 aliphatic carbocycles. The van der Waals surface area contributed by atoms with Gasteiger partial charge in [-0.15, -0.1) is 21.5 Å². The molecule has 29 heavy (non-hydrogen) atoms. The zero-order valence-corrected chi connectivity index (χ0v) is 18.4. The molecule has 0 amide bonds. The van der Waals surface area contributed by atoms with Crippen molar-refractivity contribution < 1.29 is 4.79 Å². The van der Waals surface area contributed by atoms with Crippen LogP contribution in [0, 0.1) is 26.2 Å². The lowest BCUT2D eigenvalue weighted by atomic mass is 10.1. The van der Waals surface area contributed by atoms with Gasteiger partial charge in [0.25, 0.3) is 0 Å². The second kappa shape index (κ2) is 7.72. The van der Waals surface area contributed by atoms with E-state index in [0.29, 0.717) is 15.0 Å². The molecule has 0 bridgehead atoms. The van der Waals surface area contributed by atoms with Crippen molar-refractivity contribution in [3.8, 4) is 5.69 Å². The van der Waals surface area contributed by atoms with Crippen molar-refractivity contribution in [2.45, 2.75) is 40.0 Å². The van der Waals surface area contributed by atoms with Crippen molar-refractivity contribution in [3.05, 3.63) is 67.8 Å². The van der Waals surface area contributed by atoms with Gasteiger partial charge in [0.2, 0.25) is 0 Å². The summed E-state index contributed by atoms with van der Waals surface area (Å²) >= 11 is 2.66. The molecule has 1 saturated heterocycles. The van der Waals surface area contributed by atoms with Crippen molar-refractivity contribution in [3.63, 3.8) is 0 Å². The monoisotopic (exact) mass is 422 g/mol. The number of allylic oxidation sites excluding steroid dienone is 1. The third kappa shape index (κ3) is 3.60. The average Bonchev–Trinajstić information content (AvgIpc) is 3.34. The van der Waals surface area contributed by atoms with Crippen LogP contribution in [0.25, 0.3) is 11.8 Å². The van der Waals surface area contributed by atoms with Gasteiger partial charge in [-0.05, 0) is 57.0 Å². The van der Waals surface area contributed by atoms with Crippen molar-refractivity contribution in [2.75, 3.05) is 0 Å². The number of rotatable bonds is 4. The molecule has 3 aromatic rings. The smallest absolute Gasteiger partial charge is 0.186 e. The lowest BCUT2D eigenvalue weighted by Gasteiger charge is -2.10. The van der Waals surface area contributed by atoms with Gasteiger partial charge in [0, 0.05) is 17.1 Å². The van der Waals surface area contributed by atoms with E-state index in [1.165, 1.54) is 28.7 Å². The van der Waals surface area contributed by atoms with Gasteiger partial charge >= 0.3 is 0 Å². The fraction of sp³-hybridized carbons (Fsp3) is 0.273. The summed E-state index contributed by atoms with van der Waals surface area (Å²) < 4.78 is 2.19. The molecule has 2 aromatic heterocycles. The molecule has 1 aromatic carbocycles. The van der Waals surface area contributed by atoms with Gasteiger partial charge in [-0.25, -0.2) is 0 Å². The van der Waals surface area contributed by atoms with E-state index < -0.39 is 5.92 Å². The summed E-state index contributed by atoms with van der Waals surface area (Å²) in [7, 11) is 0. The molecule has 3 heterocycles. The third-order valence-corrected chi connectivity index (χ3v) is 7.20. The third-order valence-electron chi connectivity index (χ3n) is 5.07. The second-order valence-corrected chi connectivity index (χ2v) is 9.33.